The predicted molar refractivity (Wildman–Crippen MR) is 50.2 cm³/mol. The maximum Gasteiger partial charge on any atom is 0.143 e. The molecule has 0 saturated carbocycles. The summed E-state index contributed by atoms with van der Waals surface area (Å²) in [6.45, 7) is 3.25. The fourth-order valence-electron chi connectivity index (χ4n) is 0.855. The molecule has 0 bridgehead atoms. The summed E-state index contributed by atoms with van der Waals surface area (Å²) in [6, 6.07) is 1.91. The summed E-state index contributed by atoms with van der Waals surface area (Å²) < 4.78 is 5.18. The third kappa shape index (κ3) is 7.84. The van der Waals surface area contributed by atoms with Gasteiger partial charge in [-0.2, -0.15) is 5.26 Å². The number of nitriles is 1. The number of ether oxygens (including phenoxy) is 1. The molecule has 0 amide bonds. The van der Waals surface area contributed by atoms with Gasteiger partial charge in [-0.1, -0.05) is 26.2 Å². The van der Waals surface area contributed by atoms with E-state index in [1.807, 2.05) is 6.07 Å². The molecule has 0 aliphatic rings. The van der Waals surface area contributed by atoms with Gasteiger partial charge in [0.1, 0.15) is 5.38 Å². The molecule has 3 heteroatoms. The van der Waals surface area contributed by atoms with Crippen LogP contribution in [0.4, 0.5) is 0 Å². The van der Waals surface area contributed by atoms with E-state index < -0.39 is 5.38 Å². The van der Waals surface area contributed by atoms with E-state index in [0.29, 0.717) is 6.61 Å². The quantitative estimate of drug-likeness (QED) is 0.456. The van der Waals surface area contributed by atoms with Crippen LogP contribution in [-0.4, -0.2) is 18.6 Å². The first kappa shape index (κ1) is 11.7. The zero-order valence-corrected chi connectivity index (χ0v) is 8.31. The van der Waals surface area contributed by atoms with Crippen LogP contribution in [0.25, 0.3) is 0 Å². The monoisotopic (exact) mass is 189 g/mol. The van der Waals surface area contributed by atoms with E-state index in [9.17, 15) is 0 Å². The Kier molecular flexibility index (Phi) is 8.64. The van der Waals surface area contributed by atoms with Gasteiger partial charge in [0.05, 0.1) is 12.7 Å². The molecule has 0 aromatic rings. The van der Waals surface area contributed by atoms with Gasteiger partial charge in [-0.25, -0.2) is 0 Å². The molecule has 0 fully saturated rings. The molecule has 0 rings (SSSR count). The zero-order valence-electron chi connectivity index (χ0n) is 7.55. The summed E-state index contributed by atoms with van der Waals surface area (Å²) in [5, 5.41) is 7.82. The van der Waals surface area contributed by atoms with Gasteiger partial charge in [0.15, 0.2) is 0 Å². The summed E-state index contributed by atoms with van der Waals surface area (Å²) in [6.07, 6.45) is 4.77. The van der Waals surface area contributed by atoms with Crippen LogP contribution in [-0.2, 0) is 4.74 Å². The molecular weight excluding hydrogens is 174 g/mol. The zero-order chi connectivity index (χ0) is 9.23. The number of rotatable bonds is 7. The minimum absolute atomic E-state index is 0.351. The average molecular weight is 190 g/mol. The van der Waals surface area contributed by atoms with Crippen molar-refractivity contribution in [1.29, 1.82) is 5.26 Å². The van der Waals surface area contributed by atoms with Gasteiger partial charge in [-0.05, 0) is 6.42 Å². The van der Waals surface area contributed by atoms with Crippen LogP contribution in [0.1, 0.15) is 32.6 Å². The fraction of sp³-hybridized carbons (Fsp3) is 0.889. The molecule has 12 heavy (non-hydrogen) atoms. The van der Waals surface area contributed by atoms with Gasteiger partial charge in [0.2, 0.25) is 0 Å². The van der Waals surface area contributed by atoms with Crippen LogP contribution in [0.5, 0.6) is 0 Å². The van der Waals surface area contributed by atoms with Gasteiger partial charge in [0, 0.05) is 6.61 Å². The number of alkyl halides is 1. The standard InChI is InChI=1S/C9H16ClNO/c1-2-3-4-5-6-12-8-9(10)7-11/h9H,2-6,8H2,1H3. The molecule has 0 spiro atoms. The SMILES string of the molecule is CCCCCCOCC(Cl)C#N. The van der Waals surface area contributed by atoms with E-state index in [2.05, 4.69) is 6.92 Å². The van der Waals surface area contributed by atoms with Crippen molar-refractivity contribution < 1.29 is 4.74 Å². The molecule has 0 heterocycles. The van der Waals surface area contributed by atoms with Crippen LogP contribution in [0.3, 0.4) is 0 Å². The van der Waals surface area contributed by atoms with Gasteiger partial charge in [-0.3, -0.25) is 0 Å². The lowest BCUT2D eigenvalue weighted by molar-refractivity contribution is 0.137. The second-order valence-electron chi connectivity index (χ2n) is 2.73. The van der Waals surface area contributed by atoms with Crippen molar-refractivity contribution >= 4 is 11.6 Å². The minimum Gasteiger partial charge on any atom is -0.379 e. The summed E-state index contributed by atoms with van der Waals surface area (Å²) in [5.74, 6) is 0. The summed E-state index contributed by atoms with van der Waals surface area (Å²) >= 11 is 5.52. The average Bonchev–Trinajstić information content (AvgIpc) is 2.10. The van der Waals surface area contributed by atoms with Crippen molar-refractivity contribution in [2.75, 3.05) is 13.2 Å². The van der Waals surface area contributed by atoms with E-state index in [-0.39, 0.29) is 0 Å². The van der Waals surface area contributed by atoms with Crippen LogP contribution >= 0.6 is 11.6 Å². The Morgan fingerprint density at radius 2 is 2.17 bits per heavy atom. The number of hydrogen-bond acceptors (Lipinski definition) is 2. The molecule has 0 aliphatic carbocycles. The first-order valence-corrected chi connectivity index (χ1v) is 4.86. The van der Waals surface area contributed by atoms with Gasteiger partial charge in [-0.15, -0.1) is 11.6 Å². The molecule has 0 radical (unpaired) electrons. The summed E-state index contributed by atoms with van der Waals surface area (Å²) in [7, 11) is 0. The number of nitrogens with zero attached hydrogens (tertiary/aromatic N) is 1. The maximum absolute atomic E-state index is 8.31. The smallest absolute Gasteiger partial charge is 0.143 e. The molecule has 0 N–H and O–H groups in total. The maximum atomic E-state index is 8.31. The van der Waals surface area contributed by atoms with E-state index >= 15 is 0 Å². The lowest BCUT2D eigenvalue weighted by atomic mass is 10.2. The number of halogens is 1. The van der Waals surface area contributed by atoms with E-state index in [4.69, 9.17) is 21.6 Å². The topological polar surface area (TPSA) is 33.0 Å². The molecule has 1 atom stereocenters. The molecule has 0 saturated heterocycles. The Hall–Kier alpha value is -0.260. The lowest BCUT2D eigenvalue weighted by Gasteiger charge is -2.02. The predicted octanol–water partition coefficient (Wildman–Crippen LogP) is 2.71. The molecule has 0 aliphatic heterocycles. The number of unbranched alkanes of at least 4 members (excludes halogenated alkanes) is 3. The van der Waals surface area contributed by atoms with Gasteiger partial charge in [0.25, 0.3) is 0 Å². The first-order valence-electron chi connectivity index (χ1n) is 4.42. The Balaban J connectivity index is 2.96. The third-order valence-electron chi connectivity index (χ3n) is 1.55. The van der Waals surface area contributed by atoms with E-state index in [1.54, 1.807) is 0 Å². The van der Waals surface area contributed by atoms with Crippen molar-refractivity contribution in [3.8, 4) is 6.07 Å². The van der Waals surface area contributed by atoms with E-state index in [1.165, 1.54) is 19.3 Å². The Labute approximate surface area is 79.5 Å². The van der Waals surface area contributed by atoms with Crippen LogP contribution in [0, 0.1) is 11.3 Å². The molecule has 2 nitrogen and oxygen atoms in total. The Bertz CT molecular complexity index is 133. The van der Waals surface area contributed by atoms with Gasteiger partial charge >= 0.3 is 0 Å². The third-order valence-corrected chi connectivity index (χ3v) is 1.77. The highest BCUT2D eigenvalue weighted by Crippen LogP contribution is 2.00. The fourth-order valence-corrected chi connectivity index (χ4v) is 0.944. The van der Waals surface area contributed by atoms with Crippen LogP contribution in [0.15, 0.2) is 0 Å². The van der Waals surface area contributed by atoms with Crippen molar-refractivity contribution in [1.82, 2.24) is 0 Å². The molecule has 1 unspecified atom stereocenters. The van der Waals surface area contributed by atoms with Crippen molar-refractivity contribution in [2.24, 2.45) is 0 Å². The first-order chi connectivity index (χ1) is 5.81. The summed E-state index contributed by atoms with van der Waals surface area (Å²) in [5.41, 5.74) is 0. The lowest BCUT2D eigenvalue weighted by Crippen LogP contribution is -2.07. The highest BCUT2D eigenvalue weighted by molar-refractivity contribution is 6.22. The molecule has 0 aromatic heterocycles. The van der Waals surface area contributed by atoms with Crippen molar-refractivity contribution in [2.45, 2.75) is 38.0 Å². The molecular formula is C9H16ClNO. The summed E-state index contributed by atoms with van der Waals surface area (Å²) in [4.78, 5) is 0. The molecule has 0 aromatic carbocycles. The molecule has 70 valence electrons. The second kappa shape index (κ2) is 8.83. The van der Waals surface area contributed by atoms with E-state index in [0.717, 1.165) is 13.0 Å². The van der Waals surface area contributed by atoms with Gasteiger partial charge < -0.3 is 4.74 Å². The Morgan fingerprint density at radius 3 is 2.75 bits per heavy atom. The minimum atomic E-state index is -0.490. The number of hydrogen-bond donors (Lipinski definition) is 0. The second-order valence-corrected chi connectivity index (χ2v) is 3.26. The van der Waals surface area contributed by atoms with Crippen molar-refractivity contribution in [3.63, 3.8) is 0 Å². The van der Waals surface area contributed by atoms with Crippen LogP contribution in [0.2, 0.25) is 0 Å². The van der Waals surface area contributed by atoms with Crippen molar-refractivity contribution in [3.05, 3.63) is 0 Å². The van der Waals surface area contributed by atoms with Crippen LogP contribution < -0.4 is 0 Å². The highest BCUT2D eigenvalue weighted by atomic mass is 35.5. The normalized spacial score (nSPS) is 12.4. The largest absolute Gasteiger partial charge is 0.379 e. The highest BCUT2D eigenvalue weighted by Gasteiger charge is 2.00. The Morgan fingerprint density at radius 1 is 1.42 bits per heavy atom.